The zero-order valence-corrected chi connectivity index (χ0v) is 15.8. The first kappa shape index (κ1) is 18.0. The number of benzene rings is 1. The summed E-state index contributed by atoms with van der Waals surface area (Å²) in [6, 6.07) is 6.11. The summed E-state index contributed by atoms with van der Waals surface area (Å²) < 4.78 is 33.1. The first-order valence-corrected chi connectivity index (χ1v) is 9.69. The number of halogens is 1. The number of hydrogen-bond donors (Lipinski definition) is 0. The van der Waals surface area contributed by atoms with Gasteiger partial charge in [0.05, 0.1) is 11.7 Å². The van der Waals surface area contributed by atoms with Crippen molar-refractivity contribution in [1.29, 1.82) is 0 Å². The Kier molecular flexibility index (Phi) is 5.37. The maximum atomic E-state index is 12.9. The summed E-state index contributed by atoms with van der Waals surface area (Å²) in [5.74, 6) is 7.27. The minimum Gasteiger partial charge on any atom is -0.469 e. The lowest BCUT2D eigenvalue weighted by atomic mass is 10.0. The van der Waals surface area contributed by atoms with E-state index in [1.165, 1.54) is 25.1 Å². The highest BCUT2D eigenvalue weighted by Gasteiger charge is 2.40. The third-order valence-electron chi connectivity index (χ3n) is 4.82. The van der Waals surface area contributed by atoms with Crippen molar-refractivity contribution in [2.75, 3.05) is 26.2 Å². The van der Waals surface area contributed by atoms with E-state index in [0.29, 0.717) is 24.3 Å². The van der Waals surface area contributed by atoms with Crippen LogP contribution in [0.5, 0.6) is 11.8 Å². The molecule has 3 unspecified atom stereocenters. The molecule has 3 atom stereocenters. The van der Waals surface area contributed by atoms with Gasteiger partial charge in [-0.3, -0.25) is 4.90 Å². The molecular weight excluding hydrogens is 365 g/mol. The van der Waals surface area contributed by atoms with E-state index < -0.39 is 0 Å². The van der Waals surface area contributed by atoms with E-state index >= 15 is 0 Å². The topological polar surface area (TPSA) is 47.5 Å². The largest absolute Gasteiger partial charge is 0.469 e. The van der Waals surface area contributed by atoms with Crippen LogP contribution in [0.2, 0.25) is 0 Å². The molecule has 2 bridgehead atoms. The van der Waals surface area contributed by atoms with E-state index in [1.54, 1.807) is 12.1 Å². The summed E-state index contributed by atoms with van der Waals surface area (Å²) in [7, 11) is 0. The first-order valence-electron chi connectivity index (χ1n) is 8.96. The van der Waals surface area contributed by atoms with E-state index in [1.807, 2.05) is 13.0 Å². The smallest absolute Gasteiger partial charge is 0.291 e. The van der Waals surface area contributed by atoms with Crippen LogP contribution in [0.15, 0.2) is 35.9 Å². The highest BCUT2D eigenvalue weighted by molar-refractivity contribution is 6.99. The standard InChI is InChI=1S/C20H20FN3O2S/c1-14(2-3-15-4-6-17(21)7-5-15)9-11-25-19-20(23-27-22-19)26-18-13-24-10-8-16(18)12-24/h4-7,9,16,18H,8,10-13H2,1H3/b14-9-. The highest BCUT2D eigenvalue weighted by Crippen LogP contribution is 2.33. The molecule has 5 nitrogen and oxygen atoms in total. The van der Waals surface area contributed by atoms with Crippen LogP contribution >= 0.6 is 11.7 Å². The van der Waals surface area contributed by atoms with Crippen LogP contribution in [-0.4, -0.2) is 46.0 Å². The Labute approximate surface area is 162 Å². The number of ether oxygens (including phenoxy) is 2. The molecule has 2 saturated heterocycles. The van der Waals surface area contributed by atoms with E-state index in [9.17, 15) is 4.39 Å². The van der Waals surface area contributed by atoms with Crippen molar-refractivity contribution < 1.29 is 13.9 Å². The zero-order valence-electron chi connectivity index (χ0n) is 15.0. The lowest BCUT2D eigenvalue weighted by molar-refractivity contribution is 0.130. The SMILES string of the molecule is C/C(C#Cc1ccc(F)cc1)=C/COc1nsnc1OC1CN2CCC1C2. The van der Waals surface area contributed by atoms with Gasteiger partial charge in [-0.1, -0.05) is 11.8 Å². The van der Waals surface area contributed by atoms with Gasteiger partial charge in [-0.05, 0) is 55.8 Å². The van der Waals surface area contributed by atoms with Gasteiger partial charge in [-0.15, -0.1) is 8.75 Å². The Bertz CT molecular complexity index is 885. The summed E-state index contributed by atoms with van der Waals surface area (Å²) in [6.45, 7) is 5.49. The summed E-state index contributed by atoms with van der Waals surface area (Å²) >= 11 is 1.09. The van der Waals surface area contributed by atoms with Crippen molar-refractivity contribution in [3.63, 3.8) is 0 Å². The Morgan fingerprint density at radius 3 is 2.85 bits per heavy atom. The van der Waals surface area contributed by atoms with Gasteiger partial charge in [-0.2, -0.15) is 0 Å². The fourth-order valence-corrected chi connectivity index (χ4v) is 3.79. The molecule has 3 heterocycles. The summed E-state index contributed by atoms with van der Waals surface area (Å²) in [5.41, 5.74) is 1.64. The third-order valence-corrected chi connectivity index (χ3v) is 5.32. The Morgan fingerprint density at radius 1 is 1.30 bits per heavy atom. The van der Waals surface area contributed by atoms with E-state index in [2.05, 4.69) is 25.5 Å². The van der Waals surface area contributed by atoms with Crippen LogP contribution in [0, 0.1) is 23.6 Å². The van der Waals surface area contributed by atoms with Gasteiger partial charge < -0.3 is 9.47 Å². The normalized spacial score (nSPS) is 23.8. The molecule has 1 aromatic carbocycles. The predicted molar refractivity (Wildman–Crippen MR) is 101 cm³/mol. The lowest BCUT2D eigenvalue weighted by Crippen LogP contribution is -2.32. The van der Waals surface area contributed by atoms with Crippen LogP contribution in [0.3, 0.4) is 0 Å². The van der Waals surface area contributed by atoms with Crippen molar-refractivity contribution in [3.05, 3.63) is 47.3 Å². The fourth-order valence-electron chi connectivity index (χ4n) is 3.35. The monoisotopic (exact) mass is 385 g/mol. The van der Waals surface area contributed by atoms with E-state index in [4.69, 9.17) is 9.47 Å². The van der Waals surface area contributed by atoms with Crippen LogP contribution < -0.4 is 9.47 Å². The van der Waals surface area contributed by atoms with Crippen molar-refractivity contribution in [1.82, 2.24) is 13.6 Å². The van der Waals surface area contributed by atoms with Crippen LogP contribution in [0.25, 0.3) is 0 Å². The molecule has 2 aliphatic rings. The maximum absolute atomic E-state index is 12.9. The fraction of sp³-hybridized carbons (Fsp3) is 0.400. The molecule has 4 rings (SSSR count). The molecule has 0 radical (unpaired) electrons. The number of fused-ring (bicyclic) bond motifs is 2. The van der Waals surface area contributed by atoms with Gasteiger partial charge in [0, 0.05) is 24.6 Å². The molecule has 2 fully saturated rings. The minimum absolute atomic E-state index is 0.184. The van der Waals surface area contributed by atoms with Crippen LogP contribution in [-0.2, 0) is 0 Å². The summed E-state index contributed by atoms with van der Waals surface area (Å²) in [5, 5.41) is 0. The van der Waals surface area contributed by atoms with Crippen LogP contribution in [0.4, 0.5) is 4.39 Å². The Morgan fingerprint density at radius 2 is 2.11 bits per heavy atom. The van der Waals surface area contributed by atoms with Crippen LogP contribution in [0.1, 0.15) is 18.9 Å². The molecule has 0 spiro atoms. The van der Waals surface area contributed by atoms with Crippen molar-refractivity contribution >= 4 is 11.7 Å². The van der Waals surface area contributed by atoms with Gasteiger partial charge in [0.15, 0.2) is 0 Å². The predicted octanol–water partition coefficient (Wildman–Crippen LogP) is 3.14. The number of hydrogen-bond acceptors (Lipinski definition) is 6. The molecule has 0 N–H and O–H groups in total. The van der Waals surface area contributed by atoms with Crippen molar-refractivity contribution in [3.8, 4) is 23.6 Å². The number of allylic oxidation sites excluding steroid dienone is 1. The summed E-state index contributed by atoms with van der Waals surface area (Å²) in [4.78, 5) is 2.42. The average Bonchev–Trinajstić information content (AvgIpc) is 3.39. The number of aromatic nitrogens is 2. The molecule has 140 valence electrons. The second-order valence-electron chi connectivity index (χ2n) is 6.79. The van der Waals surface area contributed by atoms with Gasteiger partial charge in [0.1, 0.15) is 18.5 Å². The molecule has 2 aliphatic heterocycles. The second-order valence-corrected chi connectivity index (χ2v) is 7.32. The van der Waals surface area contributed by atoms with Crippen molar-refractivity contribution in [2.45, 2.75) is 19.4 Å². The Balaban J connectivity index is 1.31. The minimum atomic E-state index is -0.265. The second kappa shape index (κ2) is 8.07. The third kappa shape index (κ3) is 4.46. The van der Waals surface area contributed by atoms with Crippen molar-refractivity contribution in [2.24, 2.45) is 5.92 Å². The van der Waals surface area contributed by atoms with E-state index in [0.717, 1.165) is 36.0 Å². The first-order chi connectivity index (χ1) is 13.2. The molecule has 0 aliphatic carbocycles. The molecule has 27 heavy (non-hydrogen) atoms. The molecular formula is C20H20FN3O2S. The number of rotatable bonds is 5. The molecule has 0 saturated carbocycles. The highest BCUT2D eigenvalue weighted by atomic mass is 32.1. The number of piperidine rings is 1. The molecule has 7 heteroatoms. The summed E-state index contributed by atoms with van der Waals surface area (Å²) in [6.07, 6.45) is 3.25. The molecule has 0 amide bonds. The molecule has 2 aromatic rings. The Hall–Kier alpha value is -2.43. The lowest BCUT2D eigenvalue weighted by Gasteiger charge is -2.22. The van der Waals surface area contributed by atoms with Gasteiger partial charge >= 0.3 is 0 Å². The molecule has 1 aromatic heterocycles. The quantitative estimate of drug-likeness (QED) is 0.740. The number of nitrogens with zero attached hydrogens (tertiary/aromatic N) is 3. The average molecular weight is 385 g/mol. The van der Waals surface area contributed by atoms with Gasteiger partial charge in [-0.25, -0.2) is 4.39 Å². The van der Waals surface area contributed by atoms with Gasteiger partial charge in [0.2, 0.25) is 0 Å². The zero-order chi connectivity index (χ0) is 18.6. The van der Waals surface area contributed by atoms with E-state index in [-0.39, 0.29) is 11.9 Å². The maximum Gasteiger partial charge on any atom is 0.291 e. The van der Waals surface area contributed by atoms with Gasteiger partial charge in [0.25, 0.3) is 11.8 Å².